The molecule has 0 aliphatic carbocycles. The summed E-state index contributed by atoms with van der Waals surface area (Å²) in [5, 5.41) is 12.7. The average Bonchev–Trinajstić information content (AvgIpc) is 3.04. The highest BCUT2D eigenvalue weighted by Gasteiger charge is 2.34. The van der Waals surface area contributed by atoms with Crippen LogP contribution in [0.25, 0.3) is 0 Å². The average molecular weight is 328 g/mol. The number of hydrogen-bond donors (Lipinski definition) is 1. The number of nitrogens with one attached hydrogen (secondary N) is 1. The zero-order chi connectivity index (χ0) is 16.9. The predicted molar refractivity (Wildman–Crippen MR) is 94.6 cm³/mol. The second-order valence-corrected chi connectivity index (χ2v) is 7.56. The third-order valence-corrected chi connectivity index (χ3v) is 5.32. The van der Waals surface area contributed by atoms with Crippen LogP contribution in [0.5, 0.6) is 0 Å². The molecule has 24 heavy (non-hydrogen) atoms. The van der Waals surface area contributed by atoms with E-state index in [1.807, 2.05) is 4.68 Å². The minimum atomic E-state index is 0.392. The largest absolute Gasteiger partial charge is 0.326 e. The maximum Gasteiger partial charge on any atom is 0.209 e. The lowest BCUT2D eigenvalue weighted by molar-refractivity contribution is -0.942. The Morgan fingerprint density at radius 3 is 2.54 bits per heavy atom. The van der Waals surface area contributed by atoms with Gasteiger partial charge in [-0.2, -0.15) is 0 Å². The van der Waals surface area contributed by atoms with E-state index in [0.717, 1.165) is 24.7 Å². The Bertz CT molecular complexity index is 614. The summed E-state index contributed by atoms with van der Waals surface area (Å²) in [7, 11) is 0. The molecule has 1 aliphatic rings. The van der Waals surface area contributed by atoms with Crippen molar-refractivity contribution in [2.45, 2.75) is 52.6 Å². The summed E-state index contributed by atoms with van der Waals surface area (Å²) < 4.78 is 2.03. The molecular formula is C19H30N5+. The van der Waals surface area contributed by atoms with Gasteiger partial charge in [-0.3, -0.25) is 0 Å². The van der Waals surface area contributed by atoms with Crippen molar-refractivity contribution in [1.82, 2.24) is 20.2 Å². The molecule has 0 amide bonds. The minimum Gasteiger partial charge on any atom is -0.326 e. The van der Waals surface area contributed by atoms with Gasteiger partial charge < -0.3 is 4.90 Å². The fourth-order valence-electron chi connectivity index (χ4n) is 3.87. The van der Waals surface area contributed by atoms with Gasteiger partial charge in [0.1, 0.15) is 0 Å². The lowest BCUT2D eigenvalue weighted by Crippen LogP contribution is -3.14. The molecule has 0 saturated carbocycles. The van der Waals surface area contributed by atoms with Gasteiger partial charge >= 0.3 is 0 Å². The molecule has 1 aromatic heterocycles. The molecule has 1 N–H and O–H groups in total. The summed E-state index contributed by atoms with van der Waals surface area (Å²) in [4.78, 5) is 1.65. The molecule has 5 nitrogen and oxygen atoms in total. The van der Waals surface area contributed by atoms with Crippen molar-refractivity contribution in [2.24, 2.45) is 11.8 Å². The number of aryl methyl sites for hydroxylation is 2. The van der Waals surface area contributed by atoms with Crippen LogP contribution in [0.1, 0.15) is 51.0 Å². The second kappa shape index (κ2) is 7.88. The molecule has 0 unspecified atom stereocenters. The summed E-state index contributed by atoms with van der Waals surface area (Å²) in [6, 6.07) is 11.0. The molecule has 3 rings (SSSR count). The van der Waals surface area contributed by atoms with Crippen LogP contribution in [-0.2, 0) is 13.0 Å². The Kier molecular flexibility index (Phi) is 5.61. The van der Waals surface area contributed by atoms with Crippen LogP contribution in [0.2, 0.25) is 0 Å². The fraction of sp³-hybridized carbons (Fsp3) is 0.632. The summed E-state index contributed by atoms with van der Waals surface area (Å²) >= 11 is 0. The molecule has 5 heteroatoms. The Morgan fingerprint density at radius 2 is 1.88 bits per heavy atom. The molecule has 1 aromatic carbocycles. The van der Waals surface area contributed by atoms with Gasteiger partial charge in [0.05, 0.1) is 13.1 Å². The topological polar surface area (TPSA) is 48.0 Å². The van der Waals surface area contributed by atoms with Crippen LogP contribution in [0.15, 0.2) is 30.3 Å². The maximum atomic E-state index is 4.43. The monoisotopic (exact) mass is 328 g/mol. The molecule has 0 bridgehead atoms. The highest BCUT2D eigenvalue weighted by Crippen LogP contribution is 2.19. The number of likely N-dealkylation sites (tertiary alicyclic amines) is 1. The van der Waals surface area contributed by atoms with Crippen LogP contribution in [0, 0.1) is 11.8 Å². The number of rotatable bonds is 6. The van der Waals surface area contributed by atoms with E-state index in [1.54, 1.807) is 4.90 Å². The Labute approximate surface area is 145 Å². The summed E-state index contributed by atoms with van der Waals surface area (Å²) in [6.45, 7) is 10.3. The number of nitrogens with zero attached hydrogens (tertiary/aromatic N) is 4. The maximum absolute atomic E-state index is 4.43. The van der Waals surface area contributed by atoms with Gasteiger partial charge in [-0.05, 0) is 41.2 Å². The highest BCUT2D eigenvalue weighted by molar-refractivity contribution is 5.14. The molecule has 1 fully saturated rings. The molecule has 2 aromatic rings. The van der Waals surface area contributed by atoms with Crippen LogP contribution in [-0.4, -0.2) is 33.3 Å². The molecule has 1 saturated heterocycles. The fourth-order valence-corrected chi connectivity index (χ4v) is 3.87. The van der Waals surface area contributed by atoms with Gasteiger partial charge in [0.2, 0.25) is 5.82 Å². The number of tetrazole rings is 1. The van der Waals surface area contributed by atoms with E-state index in [-0.39, 0.29) is 0 Å². The SMILES string of the molecule is CC1CC[NH+]([C@H](c2nnnn2CCc2ccccc2)C(C)C)CC1. The first-order valence-corrected chi connectivity index (χ1v) is 9.29. The van der Waals surface area contributed by atoms with Gasteiger partial charge in [0, 0.05) is 12.5 Å². The molecule has 0 spiro atoms. The van der Waals surface area contributed by atoms with Crippen molar-refractivity contribution in [1.29, 1.82) is 0 Å². The first-order valence-electron chi connectivity index (χ1n) is 9.29. The van der Waals surface area contributed by atoms with Gasteiger partial charge in [-0.25, -0.2) is 4.68 Å². The van der Waals surface area contributed by atoms with E-state index in [9.17, 15) is 0 Å². The predicted octanol–water partition coefficient (Wildman–Crippen LogP) is 1.93. The van der Waals surface area contributed by atoms with Gasteiger partial charge in [0.25, 0.3) is 0 Å². The number of aromatic nitrogens is 4. The molecule has 130 valence electrons. The molecule has 1 aliphatic heterocycles. The Hall–Kier alpha value is -1.75. The number of benzene rings is 1. The normalized spacial score (nSPS) is 22.7. The lowest BCUT2D eigenvalue weighted by atomic mass is 9.94. The number of hydrogen-bond acceptors (Lipinski definition) is 3. The van der Waals surface area contributed by atoms with Gasteiger partial charge in [-0.15, -0.1) is 5.10 Å². The van der Waals surface area contributed by atoms with E-state index >= 15 is 0 Å². The van der Waals surface area contributed by atoms with Crippen molar-refractivity contribution in [3.63, 3.8) is 0 Å². The van der Waals surface area contributed by atoms with Crippen molar-refractivity contribution >= 4 is 0 Å². The first kappa shape index (κ1) is 17.1. The number of piperidine rings is 1. The van der Waals surface area contributed by atoms with E-state index in [4.69, 9.17) is 0 Å². The van der Waals surface area contributed by atoms with Crippen molar-refractivity contribution in [3.8, 4) is 0 Å². The Morgan fingerprint density at radius 1 is 1.17 bits per heavy atom. The van der Waals surface area contributed by atoms with E-state index < -0.39 is 0 Å². The first-order chi connectivity index (χ1) is 11.6. The molecule has 2 heterocycles. The summed E-state index contributed by atoms with van der Waals surface area (Å²) in [5.74, 6) is 2.45. The van der Waals surface area contributed by atoms with E-state index in [2.05, 4.69) is 66.6 Å². The smallest absolute Gasteiger partial charge is 0.209 e. The van der Waals surface area contributed by atoms with Crippen LogP contribution >= 0.6 is 0 Å². The number of quaternary nitrogens is 1. The Balaban J connectivity index is 1.73. The standard InChI is InChI=1S/C19H29N5/c1-15(2)18(23-12-9-16(3)10-13-23)19-20-21-22-24(19)14-11-17-7-5-4-6-8-17/h4-8,15-16,18H,9-14H2,1-3H3/p+1/t18-/m0/s1. The molecule has 1 atom stereocenters. The third kappa shape index (κ3) is 4.01. The lowest BCUT2D eigenvalue weighted by Gasteiger charge is -2.34. The summed E-state index contributed by atoms with van der Waals surface area (Å²) in [6.07, 6.45) is 3.59. The van der Waals surface area contributed by atoms with E-state index in [1.165, 1.54) is 31.5 Å². The quantitative estimate of drug-likeness (QED) is 0.881. The molecule has 0 radical (unpaired) electrons. The minimum absolute atomic E-state index is 0.392. The second-order valence-electron chi connectivity index (χ2n) is 7.56. The third-order valence-electron chi connectivity index (χ3n) is 5.32. The van der Waals surface area contributed by atoms with Crippen molar-refractivity contribution in [2.75, 3.05) is 13.1 Å². The van der Waals surface area contributed by atoms with Crippen LogP contribution < -0.4 is 4.90 Å². The highest BCUT2D eigenvalue weighted by atomic mass is 15.5. The summed E-state index contributed by atoms with van der Waals surface area (Å²) in [5.41, 5.74) is 1.33. The van der Waals surface area contributed by atoms with Crippen molar-refractivity contribution in [3.05, 3.63) is 41.7 Å². The van der Waals surface area contributed by atoms with Gasteiger partial charge in [-0.1, -0.05) is 51.1 Å². The van der Waals surface area contributed by atoms with Crippen molar-refractivity contribution < 1.29 is 4.90 Å². The van der Waals surface area contributed by atoms with E-state index in [0.29, 0.717) is 12.0 Å². The zero-order valence-electron chi connectivity index (χ0n) is 15.2. The van der Waals surface area contributed by atoms with Crippen LogP contribution in [0.3, 0.4) is 0 Å². The molecular weight excluding hydrogens is 298 g/mol. The van der Waals surface area contributed by atoms with Gasteiger partial charge in [0.15, 0.2) is 6.04 Å². The van der Waals surface area contributed by atoms with Crippen LogP contribution in [0.4, 0.5) is 0 Å². The zero-order valence-corrected chi connectivity index (χ0v) is 15.2.